The number of ether oxygens (including phenoxy) is 2. The molecule has 0 N–H and O–H groups in total. The van der Waals surface area contributed by atoms with Gasteiger partial charge < -0.3 is 9.47 Å². The van der Waals surface area contributed by atoms with Gasteiger partial charge in [0.1, 0.15) is 11.5 Å². The molecule has 2 aromatic carbocycles. The first kappa shape index (κ1) is 18.2. The molecule has 4 atom stereocenters. The SMILES string of the molecule is COc1ccc([C@@H]2C[C@@]2([N+](=O)[O-])[C@]2([N+](=O)[O-])C[C@H]2c2ccc(OC)cc2)cc1. The molecule has 2 aliphatic rings. The predicted molar refractivity (Wildman–Crippen MR) is 100 cm³/mol. The fourth-order valence-electron chi connectivity index (χ4n) is 4.64. The maximum absolute atomic E-state index is 12.1. The van der Waals surface area contributed by atoms with Crippen molar-refractivity contribution < 1.29 is 19.3 Å². The molecular weight excluding hydrogens is 364 g/mol. The van der Waals surface area contributed by atoms with E-state index in [9.17, 15) is 20.2 Å². The standard InChI is InChI=1S/C20H20N2O6/c1-27-15-7-3-13(4-8-15)17-11-19(17,21(23)24)20(22(25)26)12-18(20)14-5-9-16(28-2)10-6-14/h3-10,17-18H,11-12H2,1-2H3/t17-,18-,19-,20-/m0/s1. The summed E-state index contributed by atoms with van der Waals surface area (Å²) >= 11 is 0. The summed E-state index contributed by atoms with van der Waals surface area (Å²) in [5.74, 6) is 0.314. The van der Waals surface area contributed by atoms with Gasteiger partial charge in [0.2, 0.25) is 0 Å². The van der Waals surface area contributed by atoms with E-state index in [1.54, 1.807) is 62.8 Å². The third kappa shape index (κ3) is 2.37. The first-order chi connectivity index (χ1) is 13.4. The molecule has 0 amide bonds. The second kappa shape index (κ2) is 6.19. The second-order valence-corrected chi connectivity index (χ2v) is 7.42. The van der Waals surface area contributed by atoms with E-state index in [4.69, 9.17) is 9.47 Å². The molecule has 8 heteroatoms. The first-order valence-electron chi connectivity index (χ1n) is 8.97. The molecule has 2 aromatic rings. The largest absolute Gasteiger partial charge is 0.497 e. The van der Waals surface area contributed by atoms with E-state index in [-0.39, 0.29) is 12.8 Å². The Morgan fingerprint density at radius 1 is 0.750 bits per heavy atom. The van der Waals surface area contributed by atoms with E-state index in [0.717, 1.165) is 11.1 Å². The quantitative estimate of drug-likeness (QED) is 0.535. The van der Waals surface area contributed by atoms with Crippen molar-refractivity contribution in [2.24, 2.45) is 0 Å². The minimum Gasteiger partial charge on any atom is -0.497 e. The van der Waals surface area contributed by atoms with Gasteiger partial charge in [0.25, 0.3) is 11.1 Å². The van der Waals surface area contributed by atoms with Crippen LogP contribution in [0.4, 0.5) is 0 Å². The molecule has 0 unspecified atom stereocenters. The molecule has 0 spiro atoms. The lowest BCUT2D eigenvalue weighted by Crippen LogP contribution is -2.46. The highest BCUT2D eigenvalue weighted by Gasteiger charge is 2.93. The van der Waals surface area contributed by atoms with Crippen molar-refractivity contribution in [3.63, 3.8) is 0 Å². The Morgan fingerprint density at radius 2 is 1.07 bits per heavy atom. The molecule has 0 aliphatic heterocycles. The summed E-state index contributed by atoms with van der Waals surface area (Å²) in [4.78, 5) is 23.4. The van der Waals surface area contributed by atoms with Crippen molar-refractivity contribution in [2.45, 2.75) is 35.8 Å². The zero-order valence-electron chi connectivity index (χ0n) is 15.5. The van der Waals surface area contributed by atoms with E-state index < -0.39 is 32.8 Å². The van der Waals surface area contributed by atoms with Crippen molar-refractivity contribution >= 4 is 0 Å². The Balaban J connectivity index is 1.69. The van der Waals surface area contributed by atoms with Crippen LogP contribution in [0.25, 0.3) is 0 Å². The van der Waals surface area contributed by atoms with Gasteiger partial charge in [0.05, 0.1) is 26.1 Å². The number of hydrogen-bond acceptors (Lipinski definition) is 6. The zero-order valence-corrected chi connectivity index (χ0v) is 15.5. The van der Waals surface area contributed by atoms with E-state index in [1.807, 2.05) is 0 Å². The maximum Gasteiger partial charge on any atom is 0.298 e. The number of benzene rings is 2. The van der Waals surface area contributed by atoms with Gasteiger partial charge >= 0.3 is 0 Å². The van der Waals surface area contributed by atoms with Crippen LogP contribution in [-0.4, -0.2) is 35.1 Å². The van der Waals surface area contributed by atoms with Crippen LogP contribution >= 0.6 is 0 Å². The van der Waals surface area contributed by atoms with Gasteiger partial charge in [-0.15, -0.1) is 0 Å². The third-order valence-electron chi connectivity index (χ3n) is 6.30. The number of rotatable bonds is 7. The summed E-state index contributed by atoms with van der Waals surface area (Å²) in [6.07, 6.45) is 0.333. The average Bonchev–Trinajstić information content (AvgIpc) is 3.60. The van der Waals surface area contributed by atoms with Gasteiger partial charge in [0, 0.05) is 22.7 Å². The Kier molecular flexibility index (Phi) is 4.02. The average molecular weight is 384 g/mol. The minimum atomic E-state index is -1.59. The summed E-state index contributed by atoms with van der Waals surface area (Å²) in [7, 11) is 3.08. The number of methoxy groups -OCH3 is 2. The Labute approximate surface area is 161 Å². The van der Waals surface area contributed by atoms with Crippen LogP contribution in [0.5, 0.6) is 11.5 Å². The number of hydrogen-bond donors (Lipinski definition) is 0. The van der Waals surface area contributed by atoms with Crippen LogP contribution in [0.2, 0.25) is 0 Å². The summed E-state index contributed by atoms with van der Waals surface area (Å²) in [6.45, 7) is 0. The van der Waals surface area contributed by atoms with Gasteiger partial charge in [-0.1, -0.05) is 24.3 Å². The minimum absolute atomic E-state index is 0.167. The smallest absolute Gasteiger partial charge is 0.298 e. The molecule has 2 saturated carbocycles. The monoisotopic (exact) mass is 384 g/mol. The van der Waals surface area contributed by atoms with Crippen LogP contribution in [0.15, 0.2) is 48.5 Å². The number of nitro groups is 2. The van der Waals surface area contributed by atoms with Crippen LogP contribution in [-0.2, 0) is 0 Å². The molecule has 0 saturated heterocycles. The van der Waals surface area contributed by atoms with Gasteiger partial charge in [-0.2, -0.15) is 0 Å². The highest BCUT2D eigenvalue weighted by molar-refractivity contribution is 5.46. The zero-order chi connectivity index (χ0) is 20.1. The lowest BCUT2D eigenvalue weighted by molar-refractivity contribution is -0.644. The summed E-state index contributed by atoms with van der Waals surface area (Å²) < 4.78 is 10.3. The molecule has 8 nitrogen and oxygen atoms in total. The Morgan fingerprint density at radius 3 is 1.32 bits per heavy atom. The molecule has 146 valence electrons. The van der Waals surface area contributed by atoms with Crippen LogP contribution in [0.3, 0.4) is 0 Å². The maximum atomic E-state index is 12.1. The van der Waals surface area contributed by atoms with Crippen molar-refractivity contribution in [3.8, 4) is 11.5 Å². The van der Waals surface area contributed by atoms with Crippen molar-refractivity contribution in [1.29, 1.82) is 0 Å². The van der Waals surface area contributed by atoms with Crippen LogP contribution in [0.1, 0.15) is 35.8 Å². The van der Waals surface area contributed by atoms with Gasteiger partial charge in [-0.3, -0.25) is 20.2 Å². The topological polar surface area (TPSA) is 105 Å². The fourth-order valence-corrected chi connectivity index (χ4v) is 4.64. The van der Waals surface area contributed by atoms with Crippen molar-refractivity contribution in [2.75, 3.05) is 14.2 Å². The van der Waals surface area contributed by atoms with Gasteiger partial charge in [-0.05, 0) is 35.4 Å². The van der Waals surface area contributed by atoms with Gasteiger partial charge in [-0.25, -0.2) is 0 Å². The Hall–Kier alpha value is -3.16. The van der Waals surface area contributed by atoms with Gasteiger partial charge in [0.15, 0.2) is 0 Å². The van der Waals surface area contributed by atoms with Crippen molar-refractivity contribution in [1.82, 2.24) is 0 Å². The molecule has 0 bridgehead atoms. The summed E-state index contributed by atoms with van der Waals surface area (Å²) in [6, 6.07) is 13.9. The molecule has 2 aliphatic carbocycles. The molecule has 0 radical (unpaired) electrons. The van der Waals surface area contributed by atoms with Crippen LogP contribution in [0, 0.1) is 20.2 Å². The first-order valence-corrected chi connectivity index (χ1v) is 8.97. The van der Waals surface area contributed by atoms with Crippen LogP contribution < -0.4 is 9.47 Å². The summed E-state index contributed by atoms with van der Waals surface area (Å²) in [5, 5.41) is 24.2. The number of nitrogens with zero attached hydrogens (tertiary/aromatic N) is 2. The van der Waals surface area contributed by atoms with E-state index in [1.165, 1.54) is 0 Å². The highest BCUT2D eigenvalue weighted by Crippen LogP contribution is 2.73. The lowest BCUT2D eigenvalue weighted by atomic mass is 9.93. The predicted octanol–water partition coefficient (Wildman–Crippen LogP) is 3.41. The van der Waals surface area contributed by atoms with Crippen molar-refractivity contribution in [3.05, 3.63) is 79.9 Å². The summed E-state index contributed by atoms with van der Waals surface area (Å²) in [5.41, 5.74) is -1.70. The lowest BCUT2D eigenvalue weighted by Gasteiger charge is -2.16. The Bertz CT molecular complexity index is 851. The molecule has 0 aromatic heterocycles. The molecule has 28 heavy (non-hydrogen) atoms. The highest BCUT2D eigenvalue weighted by atomic mass is 16.7. The fraction of sp³-hybridized carbons (Fsp3) is 0.400. The molecular formula is C20H20N2O6. The van der Waals surface area contributed by atoms with E-state index in [0.29, 0.717) is 11.5 Å². The molecule has 4 rings (SSSR count). The van der Waals surface area contributed by atoms with E-state index >= 15 is 0 Å². The third-order valence-corrected chi connectivity index (χ3v) is 6.30. The van der Waals surface area contributed by atoms with E-state index in [2.05, 4.69) is 0 Å². The normalized spacial score (nSPS) is 30.4. The molecule has 2 fully saturated rings. The molecule has 0 heterocycles. The second-order valence-electron chi connectivity index (χ2n) is 7.42.